The first-order valence-electron chi connectivity index (χ1n) is 5.29. The molecule has 0 saturated carbocycles. The van der Waals surface area contributed by atoms with Crippen molar-refractivity contribution in [2.75, 3.05) is 25.4 Å². The van der Waals surface area contributed by atoms with Crippen LogP contribution in [0.15, 0.2) is 0 Å². The van der Waals surface area contributed by atoms with Crippen molar-refractivity contribution in [3.05, 3.63) is 0 Å². The van der Waals surface area contributed by atoms with Gasteiger partial charge in [-0.15, -0.1) is 0 Å². The van der Waals surface area contributed by atoms with Crippen LogP contribution in [-0.2, 0) is 11.1 Å². The minimum absolute atomic E-state index is 0.271. The van der Waals surface area contributed by atoms with E-state index in [9.17, 15) is 8.76 Å². The van der Waals surface area contributed by atoms with Crippen LogP contribution >= 0.6 is 0 Å². The lowest BCUT2D eigenvalue weighted by atomic mass is 10.1. The molecule has 1 saturated heterocycles. The van der Waals surface area contributed by atoms with Gasteiger partial charge in [-0.1, -0.05) is 17.5 Å². The summed E-state index contributed by atoms with van der Waals surface area (Å²) in [6.07, 6.45) is 4.43. The van der Waals surface area contributed by atoms with Crippen molar-refractivity contribution >= 4 is 11.1 Å². The van der Waals surface area contributed by atoms with Gasteiger partial charge in [0.05, 0.1) is 0 Å². The number of nitrogens with one attached hydrogen (secondary N) is 2. The zero-order chi connectivity index (χ0) is 10.2. The molecule has 0 bridgehead atoms. The Labute approximate surface area is 88.1 Å². The van der Waals surface area contributed by atoms with Gasteiger partial charge in [0, 0.05) is 18.3 Å². The Balaban J connectivity index is 2.01. The van der Waals surface area contributed by atoms with Crippen LogP contribution in [0.1, 0.15) is 25.7 Å². The molecule has 1 aliphatic rings. The zero-order valence-corrected chi connectivity index (χ0v) is 9.28. The molecule has 5 heteroatoms. The molecular weight excluding hydrogens is 200 g/mol. The van der Waals surface area contributed by atoms with Crippen LogP contribution < -0.4 is 10.6 Å². The van der Waals surface area contributed by atoms with Gasteiger partial charge in [-0.25, -0.2) is 0 Å². The number of hydrogen-bond donors (Lipinski definition) is 2. The van der Waals surface area contributed by atoms with Crippen molar-refractivity contribution in [3.8, 4) is 0 Å². The smallest absolute Gasteiger partial charge is 0.0192 e. The van der Waals surface area contributed by atoms with Crippen LogP contribution in [0.2, 0.25) is 0 Å². The van der Waals surface area contributed by atoms with E-state index < -0.39 is 11.1 Å². The minimum atomic E-state index is -1.88. The summed E-state index contributed by atoms with van der Waals surface area (Å²) in [4.78, 5) is 0. The highest BCUT2D eigenvalue weighted by Gasteiger charge is 2.09. The summed E-state index contributed by atoms with van der Waals surface area (Å²) in [5.41, 5.74) is 0. The third-order valence-electron chi connectivity index (χ3n) is 2.47. The van der Waals surface area contributed by atoms with Crippen molar-refractivity contribution in [1.82, 2.24) is 10.6 Å². The molecule has 0 radical (unpaired) electrons. The molecule has 2 atom stereocenters. The van der Waals surface area contributed by atoms with E-state index in [4.69, 9.17) is 0 Å². The molecule has 1 aliphatic heterocycles. The Hall–Kier alpha value is 0.0300. The van der Waals surface area contributed by atoms with E-state index in [-0.39, 0.29) is 5.75 Å². The fraction of sp³-hybridized carbons (Fsp3) is 1.00. The average Bonchev–Trinajstić information content (AvgIpc) is 2.40. The topological polar surface area (TPSA) is 64.2 Å². The Bertz CT molecular complexity index is 170. The Kier molecular flexibility index (Phi) is 6.34. The first kappa shape index (κ1) is 12.1. The maximum absolute atomic E-state index is 10.3. The summed E-state index contributed by atoms with van der Waals surface area (Å²) in [6.45, 7) is 2.93. The molecule has 0 aromatic rings. The van der Waals surface area contributed by atoms with Crippen molar-refractivity contribution in [2.45, 2.75) is 31.7 Å². The molecule has 0 spiro atoms. The van der Waals surface area contributed by atoms with E-state index in [0.29, 0.717) is 12.5 Å². The molecule has 0 aromatic heterocycles. The molecule has 2 N–H and O–H groups in total. The number of rotatable bonds is 5. The maximum atomic E-state index is 10.3. The van der Waals surface area contributed by atoms with Gasteiger partial charge in [-0.3, -0.25) is 4.21 Å². The summed E-state index contributed by atoms with van der Waals surface area (Å²) >= 11 is -1.88. The van der Waals surface area contributed by atoms with Crippen LogP contribution in [-0.4, -0.2) is 40.2 Å². The lowest BCUT2D eigenvalue weighted by molar-refractivity contribution is 0.472. The monoisotopic (exact) mass is 219 g/mol. The molecule has 1 heterocycles. The summed E-state index contributed by atoms with van der Waals surface area (Å²) in [7, 11) is 0. The molecule has 2 unspecified atom stereocenters. The third kappa shape index (κ3) is 5.70. The standard InChI is InChI=1S/C9H20N2O2S/c12-14(13)7-3-6-11-9-4-1-2-5-10-8-9/h9-11H,1-8H2,(H,12,13)/p-1. The van der Waals surface area contributed by atoms with Gasteiger partial charge in [0.1, 0.15) is 0 Å². The third-order valence-corrected chi connectivity index (χ3v) is 3.09. The Morgan fingerprint density at radius 1 is 1.50 bits per heavy atom. The normalized spacial score (nSPS) is 25.6. The largest absolute Gasteiger partial charge is 0.772 e. The maximum Gasteiger partial charge on any atom is 0.0192 e. The summed E-state index contributed by atoms with van der Waals surface area (Å²) in [6, 6.07) is 0.526. The van der Waals surface area contributed by atoms with E-state index in [1.807, 2.05) is 0 Å². The molecule has 14 heavy (non-hydrogen) atoms. The SMILES string of the molecule is O=S([O-])CCCNC1CCCCNC1. The average molecular weight is 219 g/mol. The molecule has 4 nitrogen and oxygen atoms in total. The van der Waals surface area contributed by atoms with Gasteiger partial charge < -0.3 is 15.2 Å². The quantitative estimate of drug-likeness (QED) is 0.504. The highest BCUT2D eigenvalue weighted by molar-refractivity contribution is 7.79. The Morgan fingerprint density at radius 3 is 3.14 bits per heavy atom. The van der Waals surface area contributed by atoms with Crippen LogP contribution in [0.5, 0.6) is 0 Å². The van der Waals surface area contributed by atoms with Gasteiger partial charge in [0.2, 0.25) is 0 Å². The summed E-state index contributed by atoms with van der Waals surface area (Å²) < 4.78 is 20.5. The van der Waals surface area contributed by atoms with Gasteiger partial charge in [-0.05, 0) is 32.4 Å². The van der Waals surface area contributed by atoms with E-state index in [2.05, 4.69) is 10.6 Å². The fourth-order valence-electron chi connectivity index (χ4n) is 1.69. The fourth-order valence-corrected chi connectivity index (χ4v) is 2.07. The minimum Gasteiger partial charge on any atom is -0.772 e. The molecule has 0 amide bonds. The molecule has 84 valence electrons. The van der Waals surface area contributed by atoms with E-state index in [1.165, 1.54) is 19.3 Å². The van der Waals surface area contributed by atoms with E-state index in [1.54, 1.807) is 0 Å². The van der Waals surface area contributed by atoms with Crippen LogP contribution in [0, 0.1) is 0 Å². The second-order valence-electron chi connectivity index (χ2n) is 3.71. The van der Waals surface area contributed by atoms with Crippen molar-refractivity contribution in [2.24, 2.45) is 0 Å². The molecule has 1 rings (SSSR count). The van der Waals surface area contributed by atoms with Crippen LogP contribution in [0.4, 0.5) is 0 Å². The molecule has 1 fully saturated rings. The first-order chi connectivity index (χ1) is 6.79. The van der Waals surface area contributed by atoms with Crippen molar-refractivity contribution < 1.29 is 8.76 Å². The van der Waals surface area contributed by atoms with E-state index >= 15 is 0 Å². The second-order valence-corrected chi connectivity index (χ2v) is 4.73. The second kappa shape index (κ2) is 7.34. The van der Waals surface area contributed by atoms with Crippen molar-refractivity contribution in [3.63, 3.8) is 0 Å². The van der Waals surface area contributed by atoms with Gasteiger partial charge in [0.25, 0.3) is 0 Å². The molecule has 0 aromatic carbocycles. The van der Waals surface area contributed by atoms with Crippen molar-refractivity contribution in [1.29, 1.82) is 0 Å². The highest BCUT2D eigenvalue weighted by atomic mass is 32.2. The van der Waals surface area contributed by atoms with Crippen LogP contribution in [0.25, 0.3) is 0 Å². The Morgan fingerprint density at radius 2 is 2.36 bits per heavy atom. The molecular formula is C9H19N2O2S-. The van der Waals surface area contributed by atoms with Gasteiger partial charge in [-0.2, -0.15) is 0 Å². The predicted molar refractivity (Wildman–Crippen MR) is 56.9 cm³/mol. The summed E-state index contributed by atoms with van der Waals surface area (Å²) in [5.74, 6) is 0.271. The lowest BCUT2D eigenvalue weighted by Crippen LogP contribution is -2.37. The number of hydrogen-bond acceptors (Lipinski definition) is 4. The van der Waals surface area contributed by atoms with Gasteiger partial charge >= 0.3 is 0 Å². The van der Waals surface area contributed by atoms with E-state index in [0.717, 1.165) is 19.6 Å². The molecule has 0 aliphatic carbocycles. The highest BCUT2D eigenvalue weighted by Crippen LogP contribution is 2.03. The first-order valence-corrected chi connectivity index (χ1v) is 6.53. The predicted octanol–water partition coefficient (Wildman–Crippen LogP) is -0.0127. The zero-order valence-electron chi connectivity index (χ0n) is 8.46. The van der Waals surface area contributed by atoms with Crippen LogP contribution in [0.3, 0.4) is 0 Å². The summed E-state index contributed by atoms with van der Waals surface area (Å²) in [5, 5.41) is 6.74. The lowest BCUT2D eigenvalue weighted by Gasteiger charge is -2.16. The van der Waals surface area contributed by atoms with Gasteiger partial charge in [0.15, 0.2) is 0 Å².